The minimum atomic E-state index is -0.153. The van der Waals surface area contributed by atoms with Gasteiger partial charge in [0.25, 0.3) is 0 Å². The fourth-order valence-corrected chi connectivity index (χ4v) is 0.240. The molecule has 0 rings (SSSR count). The topological polar surface area (TPSA) is 52.5 Å². The van der Waals surface area contributed by atoms with Gasteiger partial charge in [-0.2, -0.15) is 0 Å². The first-order valence-electron chi connectivity index (χ1n) is 2.24. The maximum Gasteiger partial charge on any atom is 0.0607 e. The van der Waals surface area contributed by atoms with Gasteiger partial charge in [0, 0.05) is 0 Å². The van der Waals surface area contributed by atoms with Gasteiger partial charge in [-0.3, -0.25) is 0 Å². The zero-order valence-electron chi connectivity index (χ0n) is 4.39. The zero-order chi connectivity index (χ0) is 5.70. The van der Waals surface area contributed by atoms with E-state index in [2.05, 4.69) is 5.32 Å². The van der Waals surface area contributed by atoms with Crippen LogP contribution in [0.5, 0.6) is 0 Å². The predicted octanol–water partition coefficient (Wildman–Crippen LogP) is -1.44. The van der Waals surface area contributed by atoms with Crippen LogP contribution in [0.3, 0.4) is 0 Å². The van der Waals surface area contributed by atoms with Gasteiger partial charge in [0.1, 0.15) is 0 Å². The highest BCUT2D eigenvalue weighted by Crippen LogP contribution is 1.72. The molecule has 7 heavy (non-hydrogen) atoms. The number of aliphatic hydroxyl groups is 2. The second kappa shape index (κ2) is 4.05. The van der Waals surface area contributed by atoms with Gasteiger partial charge < -0.3 is 15.5 Å². The van der Waals surface area contributed by atoms with Gasteiger partial charge in [-0.15, -0.1) is 0 Å². The molecular weight excluding hydrogens is 94.0 g/mol. The Morgan fingerprint density at radius 2 is 1.86 bits per heavy atom. The largest absolute Gasteiger partial charge is 0.395 e. The van der Waals surface area contributed by atoms with E-state index in [0.29, 0.717) is 0 Å². The summed E-state index contributed by atoms with van der Waals surface area (Å²) in [5.74, 6) is 0. The lowest BCUT2D eigenvalue weighted by Gasteiger charge is -2.06. The van der Waals surface area contributed by atoms with Crippen LogP contribution in [0.15, 0.2) is 0 Å². The molecule has 0 aliphatic rings. The van der Waals surface area contributed by atoms with Crippen molar-refractivity contribution in [3.63, 3.8) is 0 Å². The Balaban J connectivity index is 2.99. The normalized spacial score (nSPS) is 10.3. The first kappa shape index (κ1) is 6.88. The lowest BCUT2D eigenvalue weighted by atomic mass is 10.3. The monoisotopic (exact) mass is 105 g/mol. The molecule has 3 heteroatoms. The summed E-state index contributed by atoms with van der Waals surface area (Å²) in [7, 11) is 1.69. The first-order valence-corrected chi connectivity index (χ1v) is 2.24. The lowest BCUT2D eigenvalue weighted by Crippen LogP contribution is -2.32. The van der Waals surface area contributed by atoms with Crippen LogP contribution in [0.25, 0.3) is 0 Å². The van der Waals surface area contributed by atoms with Crippen LogP contribution in [0.2, 0.25) is 0 Å². The van der Waals surface area contributed by atoms with Crippen molar-refractivity contribution in [2.24, 2.45) is 0 Å². The summed E-state index contributed by atoms with van der Waals surface area (Å²) in [6.07, 6.45) is 0. The molecule has 0 atom stereocenters. The number of likely N-dealkylation sites (N-methyl/N-ethyl adjacent to an activating group) is 1. The molecule has 0 heterocycles. The van der Waals surface area contributed by atoms with Crippen LogP contribution in [0, 0.1) is 0 Å². The highest BCUT2D eigenvalue weighted by molar-refractivity contribution is 4.57. The molecule has 0 aromatic heterocycles. The van der Waals surface area contributed by atoms with E-state index < -0.39 is 0 Å². The van der Waals surface area contributed by atoms with Crippen molar-refractivity contribution in [1.29, 1.82) is 0 Å². The van der Waals surface area contributed by atoms with Crippen molar-refractivity contribution in [1.82, 2.24) is 5.32 Å². The van der Waals surface area contributed by atoms with Gasteiger partial charge in [0.15, 0.2) is 0 Å². The van der Waals surface area contributed by atoms with Crippen molar-refractivity contribution >= 4 is 0 Å². The molecule has 0 aromatic rings. The Morgan fingerprint density at radius 3 is 1.86 bits per heavy atom. The zero-order valence-corrected chi connectivity index (χ0v) is 4.39. The molecule has 0 fully saturated rings. The third-order valence-corrected chi connectivity index (χ3v) is 0.849. The molecule has 44 valence electrons. The highest BCUT2D eigenvalue weighted by atomic mass is 16.3. The van der Waals surface area contributed by atoms with E-state index >= 15 is 0 Å². The van der Waals surface area contributed by atoms with Gasteiger partial charge >= 0.3 is 0 Å². The van der Waals surface area contributed by atoms with E-state index in [4.69, 9.17) is 10.2 Å². The second-order valence-electron chi connectivity index (χ2n) is 1.35. The van der Waals surface area contributed by atoms with Crippen molar-refractivity contribution in [3.8, 4) is 0 Å². The van der Waals surface area contributed by atoms with Crippen molar-refractivity contribution < 1.29 is 10.2 Å². The summed E-state index contributed by atoms with van der Waals surface area (Å²) < 4.78 is 0. The number of hydrogen-bond acceptors (Lipinski definition) is 3. The van der Waals surface area contributed by atoms with Crippen LogP contribution in [0.1, 0.15) is 0 Å². The molecule has 0 saturated heterocycles. The lowest BCUT2D eigenvalue weighted by molar-refractivity contribution is 0.177. The summed E-state index contributed by atoms with van der Waals surface area (Å²) in [6, 6.07) is -0.153. The Kier molecular flexibility index (Phi) is 3.98. The molecule has 0 bridgehead atoms. The van der Waals surface area contributed by atoms with Crippen LogP contribution in [0.4, 0.5) is 0 Å². The van der Waals surface area contributed by atoms with Gasteiger partial charge in [-0.05, 0) is 7.05 Å². The van der Waals surface area contributed by atoms with Gasteiger partial charge in [0.2, 0.25) is 0 Å². The van der Waals surface area contributed by atoms with E-state index in [1.807, 2.05) is 0 Å². The van der Waals surface area contributed by atoms with Gasteiger partial charge in [-0.1, -0.05) is 0 Å². The summed E-state index contributed by atoms with van der Waals surface area (Å²) >= 11 is 0. The Morgan fingerprint density at radius 1 is 1.43 bits per heavy atom. The SMILES string of the molecule is CNC(CO)CO. The van der Waals surface area contributed by atoms with Crippen molar-refractivity contribution in [2.45, 2.75) is 6.04 Å². The Bertz CT molecular complexity index is 31.2. The second-order valence-corrected chi connectivity index (χ2v) is 1.35. The first-order chi connectivity index (χ1) is 3.35. The number of hydrogen-bond donors (Lipinski definition) is 3. The van der Waals surface area contributed by atoms with Crippen LogP contribution >= 0.6 is 0 Å². The Labute approximate surface area is 43.0 Å². The summed E-state index contributed by atoms with van der Waals surface area (Å²) in [6.45, 7) is -0.0139. The third-order valence-electron chi connectivity index (χ3n) is 0.849. The van der Waals surface area contributed by atoms with Crippen molar-refractivity contribution in [2.75, 3.05) is 20.3 Å². The van der Waals surface area contributed by atoms with Gasteiger partial charge in [-0.25, -0.2) is 0 Å². The van der Waals surface area contributed by atoms with Gasteiger partial charge in [0.05, 0.1) is 19.3 Å². The molecule has 0 aliphatic carbocycles. The van der Waals surface area contributed by atoms with Crippen LogP contribution in [-0.4, -0.2) is 36.5 Å². The minimum absolute atomic E-state index is 0.00694. The molecule has 0 spiro atoms. The smallest absolute Gasteiger partial charge is 0.0607 e. The fourth-order valence-electron chi connectivity index (χ4n) is 0.240. The maximum atomic E-state index is 8.30. The average molecular weight is 105 g/mol. The molecule has 0 amide bonds. The summed E-state index contributed by atoms with van der Waals surface area (Å²) in [4.78, 5) is 0. The third kappa shape index (κ3) is 2.56. The van der Waals surface area contributed by atoms with Crippen molar-refractivity contribution in [3.05, 3.63) is 0 Å². The molecule has 0 saturated carbocycles. The standard InChI is InChI=1S/C4H11NO2/c1-5-4(2-6)3-7/h4-7H,2-3H2,1H3. The molecule has 0 aliphatic heterocycles. The van der Waals surface area contributed by atoms with Crippen LogP contribution < -0.4 is 5.32 Å². The minimum Gasteiger partial charge on any atom is -0.395 e. The predicted molar refractivity (Wildman–Crippen MR) is 27.0 cm³/mol. The highest BCUT2D eigenvalue weighted by Gasteiger charge is 1.97. The van der Waals surface area contributed by atoms with E-state index in [1.54, 1.807) is 7.05 Å². The molecule has 0 radical (unpaired) electrons. The van der Waals surface area contributed by atoms with Crippen LogP contribution in [-0.2, 0) is 0 Å². The van der Waals surface area contributed by atoms with E-state index in [0.717, 1.165) is 0 Å². The molecule has 0 unspecified atom stereocenters. The molecular formula is C4H11NO2. The molecule has 3 N–H and O–H groups in total. The van der Waals surface area contributed by atoms with E-state index in [-0.39, 0.29) is 19.3 Å². The van der Waals surface area contributed by atoms with E-state index in [9.17, 15) is 0 Å². The molecule has 3 nitrogen and oxygen atoms in total. The van der Waals surface area contributed by atoms with E-state index in [1.165, 1.54) is 0 Å². The Hall–Kier alpha value is -0.120. The quantitative estimate of drug-likeness (QED) is 0.412. The number of nitrogens with one attached hydrogen (secondary N) is 1. The summed E-state index contributed by atoms with van der Waals surface area (Å²) in [5, 5.41) is 19.3. The number of rotatable bonds is 3. The number of aliphatic hydroxyl groups excluding tert-OH is 2. The summed E-state index contributed by atoms with van der Waals surface area (Å²) in [5.41, 5.74) is 0. The molecule has 0 aromatic carbocycles. The fraction of sp³-hybridized carbons (Fsp3) is 1.00. The maximum absolute atomic E-state index is 8.30. The average Bonchev–Trinajstić information content (AvgIpc) is 1.72.